The summed E-state index contributed by atoms with van der Waals surface area (Å²) >= 11 is 0. The third-order valence-electron chi connectivity index (χ3n) is 9.18. The zero-order chi connectivity index (χ0) is 30.3. The van der Waals surface area contributed by atoms with Crippen LogP contribution in [0.5, 0.6) is 0 Å². The Balaban J connectivity index is 1.75. The van der Waals surface area contributed by atoms with Gasteiger partial charge in [-0.2, -0.15) is 0 Å². The molecule has 0 fully saturated rings. The first kappa shape index (κ1) is 29.3. The van der Waals surface area contributed by atoms with Crippen LogP contribution in [0.3, 0.4) is 0 Å². The molecule has 0 saturated carbocycles. The number of anilines is 4. The molecule has 4 aromatic carbocycles. The molecular formula is C38H42N2O2. The normalized spacial score (nSPS) is 12.3. The smallest absolute Gasteiger partial charge is 0.196 e. The van der Waals surface area contributed by atoms with Crippen LogP contribution in [0.2, 0.25) is 0 Å². The zero-order valence-corrected chi connectivity index (χ0v) is 26.3. The summed E-state index contributed by atoms with van der Waals surface area (Å²) in [6.45, 7) is 17.3. The molecule has 216 valence electrons. The van der Waals surface area contributed by atoms with E-state index in [0.29, 0.717) is 33.6 Å². The van der Waals surface area contributed by atoms with Crippen LogP contribution in [-0.4, -0.2) is 11.6 Å². The van der Waals surface area contributed by atoms with Crippen molar-refractivity contribution in [3.8, 4) is 0 Å². The topological polar surface area (TPSA) is 58.2 Å². The first-order valence-electron chi connectivity index (χ1n) is 15.3. The van der Waals surface area contributed by atoms with E-state index in [1.165, 1.54) is 44.5 Å². The molecule has 0 atom stereocenters. The third-order valence-corrected chi connectivity index (χ3v) is 9.18. The first-order chi connectivity index (χ1) is 20.2. The van der Waals surface area contributed by atoms with Crippen LogP contribution in [0.25, 0.3) is 0 Å². The molecule has 0 saturated heterocycles. The summed E-state index contributed by atoms with van der Waals surface area (Å²) in [4.78, 5) is 28.4. The number of hydrogen-bond acceptors (Lipinski definition) is 4. The van der Waals surface area contributed by atoms with Gasteiger partial charge in [-0.3, -0.25) is 9.59 Å². The van der Waals surface area contributed by atoms with Crippen LogP contribution in [0.15, 0.2) is 48.5 Å². The van der Waals surface area contributed by atoms with Gasteiger partial charge in [-0.25, -0.2) is 0 Å². The predicted octanol–water partition coefficient (Wildman–Crippen LogP) is 9.43. The van der Waals surface area contributed by atoms with E-state index in [1.54, 1.807) is 12.1 Å². The summed E-state index contributed by atoms with van der Waals surface area (Å²) in [6, 6.07) is 15.6. The largest absolute Gasteiger partial charge is 0.354 e. The monoisotopic (exact) mass is 558 g/mol. The van der Waals surface area contributed by atoms with Crippen LogP contribution < -0.4 is 10.6 Å². The Bertz CT molecular complexity index is 1620. The van der Waals surface area contributed by atoms with Crippen molar-refractivity contribution < 1.29 is 9.59 Å². The molecule has 0 radical (unpaired) electrons. The van der Waals surface area contributed by atoms with Crippen LogP contribution >= 0.6 is 0 Å². The van der Waals surface area contributed by atoms with Gasteiger partial charge < -0.3 is 10.6 Å². The van der Waals surface area contributed by atoms with E-state index in [9.17, 15) is 9.59 Å². The van der Waals surface area contributed by atoms with Gasteiger partial charge in [0, 0.05) is 22.5 Å². The highest BCUT2D eigenvalue weighted by molar-refractivity contribution is 6.32. The Kier molecular flexibility index (Phi) is 8.10. The summed E-state index contributed by atoms with van der Waals surface area (Å²) < 4.78 is 0. The number of hydrogen-bond donors (Lipinski definition) is 2. The van der Waals surface area contributed by atoms with Crippen molar-refractivity contribution in [2.75, 3.05) is 10.6 Å². The third kappa shape index (κ3) is 4.73. The Hall–Kier alpha value is -4.18. The second-order valence-electron chi connectivity index (χ2n) is 11.4. The molecule has 0 unspecified atom stereocenters. The van der Waals surface area contributed by atoms with Gasteiger partial charge in [0.2, 0.25) is 0 Å². The second kappa shape index (κ2) is 11.6. The average Bonchev–Trinajstić information content (AvgIpc) is 3.00. The molecule has 42 heavy (non-hydrogen) atoms. The molecule has 0 aliphatic heterocycles. The highest BCUT2D eigenvalue weighted by Crippen LogP contribution is 2.41. The number of fused-ring (bicyclic) bond motifs is 2. The standard InChI is InChI=1S/C38H42N2O2/c1-9-25-19-21(5)23(7)27(11-3)35(25)39-31-17-18-32(40-36-26(10-2)20-22(6)24(8)28(36)12-4)34-33(31)37(41)29-15-13-14-16-30(29)38(34)42/h13-20,39-40H,9-12H2,1-8H3. The second-order valence-corrected chi connectivity index (χ2v) is 11.4. The lowest BCUT2D eigenvalue weighted by Gasteiger charge is -2.27. The highest BCUT2D eigenvalue weighted by Gasteiger charge is 2.34. The summed E-state index contributed by atoms with van der Waals surface area (Å²) in [5.41, 5.74) is 15.1. The van der Waals surface area contributed by atoms with E-state index in [-0.39, 0.29) is 11.6 Å². The summed E-state index contributed by atoms with van der Waals surface area (Å²) in [5, 5.41) is 7.35. The van der Waals surface area contributed by atoms with Crippen molar-refractivity contribution >= 4 is 34.3 Å². The number of carbonyl (C=O) groups is 2. The van der Waals surface area contributed by atoms with Crippen molar-refractivity contribution in [3.63, 3.8) is 0 Å². The summed E-state index contributed by atoms with van der Waals surface area (Å²) in [5.74, 6) is -0.254. The van der Waals surface area contributed by atoms with Crippen LogP contribution in [0, 0.1) is 27.7 Å². The molecule has 0 amide bonds. The van der Waals surface area contributed by atoms with E-state index in [0.717, 1.165) is 37.1 Å². The molecule has 0 bridgehead atoms. The lowest BCUT2D eigenvalue weighted by Crippen LogP contribution is -2.24. The highest BCUT2D eigenvalue weighted by atomic mass is 16.1. The molecule has 0 heterocycles. The van der Waals surface area contributed by atoms with Gasteiger partial charge >= 0.3 is 0 Å². The van der Waals surface area contributed by atoms with Crippen LogP contribution in [0.1, 0.15) is 104 Å². The van der Waals surface area contributed by atoms with E-state index >= 15 is 0 Å². The molecule has 5 rings (SSSR count). The van der Waals surface area contributed by atoms with E-state index in [1.807, 2.05) is 24.3 Å². The minimum absolute atomic E-state index is 0.127. The number of ketones is 2. The van der Waals surface area contributed by atoms with Gasteiger partial charge in [0.05, 0.1) is 22.5 Å². The molecule has 2 N–H and O–H groups in total. The Morgan fingerprint density at radius 1 is 0.548 bits per heavy atom. The van der Waals surface area contributed by atoms with Crippen molar-refractivity contribution in [1.82, 2.24) is 0 Å². The molecule has 1 aliphatic rings. The maximum atomic E-state index is 14.2. The van der Waals surface area contributed by atoms with Gasteiger partial charge in [0.15, 0.2) is 11.6 Å². The molecule has 4 nitrogen and oxygen atoms in total. The van der Waals surface area contributed by atoms with Crippen LogP contribution in [0.4, 0.5) is 22.7 Å². The Morgan fingerprint density at radius 3 is 1.26 bits per heavy atom. The minimum atomic E-state index is -0.127. The van der Waals surface area contributed by atoms with Crippen molar-refractivity contribution in [1.29, 1.82) is 0 Å². The van der Waals surface area contributed by atoms with E-state index < -0.39 is 0 Å². The summed E-state index contributed by atoms with van der Waals surface area (Å²) in [6.07, 6.45) is 3.46. The molecule has 0 aromatic heterocycles. The van der Waals surface area contributed by atoms with E-state index in [4.69, 9.17) is 0 Å². The SMILES string of the molecule is CCc1cc(C)c(C)c(CC)c1Nc1ccc(Nc2c(CC)cc(C)c(C)c2CC)c2c1C(=O)c1ccccc1C2=O. The number of rotatable bonds is 8. The minimum Gasteiger partial charge on any atom is -0.354 e. The maximum absolute atomic E-state index is 14.2. The maximum Gasteiger partial charge on any atom is 0.196 e. The average molecular weight is 559 g/mol. The van der Waals surface area contributed by atoms with Gasteiger partial charge in [-0.05, 0) is 110 Å². The number of carbonyl (C=O) groups excluding carboxylic acids is 2. The molecular weight excluding hydrogens is 516 g/mol. The van der Waals surface area contributed by atoms with Crippen molar-refractivity contribution in [3.05, 3.63) is 115 Å². The fraction of sp³-hybridized carbons (Fsp3) is 0.316. The quantitative estimate of drug-likeness (QED) is 0.199. The molecule has 1 aliphatic carbocycles. The zero-order valence-electron chi connectivity index (χ0n) is 26.3. The summed E-state index contributed by atoms with van der Waals surface area (Å²) in [7, 11) is 0. The number of nitrogens with one attached hydrogen (secondary N) is 2. The first-order valence-corrected chi connectivity index (χ1v) is 15.3. The fourth-order valence-electron chi connectivity index (χ4n) is 6.58. The Morgan fingerprint density at radius 2 is 0.929 bits per heavy atom. The fourth-order valence-corrected chi connectivity index (χ4v) is 6.58. The van der Waals surface area contributed by atoms with Gasteiger partial charge in [-0.1, -0.05) is 64.1 Å². The lowest BCUT2D eigenvalue weighted by atomic mass is 9.82. The molecule has 4 aromatic rings. The van der Waals surface area contributed by atoms with Crippen molar-refractivity contribution in [2.45, 2.75) is 81.1 Å². The van der Waals surface area contributed by atoms with E-state index in [2.05, 4.69) is 78.2 Å². The molecule has 0 spiro atoms. The van der Waals surface area contributed by atoms with Gasteiger partial charge in [0.1, 0.15) is 0 Å². The number of aryl methyl sites for hydroxylation is 4. The number of benzene rings is 4. The predicted molar refractivity (Wildman–Crippen MR) is 176 cm³/mol. The lowest BCUT2D eigenvalue weighted by molar-refractivity contribution is 0.0980. The molecule has 4 heteroatoms. The van der Waals surface area contributed by atoms with Gasteiger partial charge in [0.25, 0.3) is 0 Å². The van der Waals surface area contributed by atoms with Gasteiger partial charge in [-0.15, -0.1) is 0 Å². The Labute approximate surface area is 250 Å². The van der Waals surface area contributed by atoms with Crippen molar-refractivity contribution in [2.24, 2.45) is 0 Å². The van der Waals surface area contributed by atoms with Crippen LogP contribution in [-0.2, 0) is 25.7 Å².